The number of carbonyl (C=O) groups is 2. The lowest BCUT2D eigenvalue weighted by molar-refractivity contribution is -0.165. The second-order valence-electron chi connectivity index (χ2n) is 6.85. The fourth-order valence-electron chi connectivity index (χ4n) is 2.31. The number of hydrogen-bond acceptors (Lipinski definition) is 5. The first-order chi connectivity index (χ1) is 9.76. The molecule has 128 valence electrons. The lowest BCUT2D eigenvalue weighted by Crippen LogP contribution is -2.58. The van der Waals surface area contributed by atoms with Crippen molar-refractivity contribution in [3.05, 3.63) is 0 Å². The number of carboxylic acid groups (broad SMARTS) is 1. The van der Waals surface area contributed by atoms with Gasteiger partial charge in [0.2, 0.25) is 15.9 Å². The third-order valence-electron chi connectivity index (χ3n) is 3.75. The Kier molecular flexibility index (Phi) is 5.26. The van der Waals surface area contributed by atoms with Gasteiger partial charge in [-0.3, -0.25) is 4.79 Å². The molecular weight excluding hydrogens is 312 g/mol. The molecule has 3 N–H and O–H groups in total. The predicted octanol–water partition coefficient (Wildman–Crippen LogP) is -0.612. The molecule has 1 amide bonds. The van der Waals surface area contributed by atoms with Crippen molar-refractivity contribution in [2.75, 3.05) is 19.3 Å². The summed E-state index contributed by atoms with van der Waals surface area (Å²) in [4.78, 5) is 25.0. The van der Waals surface area contributed by atoms with Crippen LogP contribution >= 0.6 is 0 Å². The molecule has 1 saturated heterocycles. The van der Waals surface area contributed by atoms with E-state index in [4.69, 9.17) is 5.11 Å². The van der Waals surface area contributed by atoms with E-state index in [1.165, 1.54) is 4.90 Å². The minimum Gasteiger partial charge on any atom is -0.479 e. The van der Waals surface area contributed by atoms with Crippen molar-refractivity contribution >= 4 is 21.9 Å². The average molecular weight is 336 g/mol. The molecule has 9 heteroatoms. The van der Waals surface area contributed by atoms with Crippen LogP contribution in [-0.4, -0.2) is 66.4 Å². The minimum absolute atomic E-state index is 0.0691. The van der Waals surface area contributed by atoms with Crippen LogP contribution in [0.5, 0.6) is 0 Å². The molecule has 0 spiro atoms. The smallest absolute Gasteiger partial charge is 0.335 e. The molecule has 0 aromatic rings. The number of carboxylic acids is 1. The van der Waals surface area contributed by atoms with E-state index < -0.39 is 39.0 Å². The van der Waals surface area contributed by atoms with E-state index in [9.17, 15) is 23.1 Å². The molecule has 1 atom stereocenters. The molecular formula is C13H24N2O6S. The number of nitrogens with zero attached hydrogens (tertiary/aromatic N) is 1. The molecule has 0 aliphatic carbocycles. The van der Waals surface area contributed by atoms with Crippen molar-refractivity contribution in [3.8, 4) is 0 Å². The van der Waals surface area contributed by atoms with Crippen LogP contribution in [0.25, 0.3) is 0 Å². The van der Waals surface area contributed by atoms with Gasteiger partial charge in [0.25, 0.3) is 0 Å². The van der Waals surface area contributed by atoms with E-state index in [0.29, 0.717) is 0 Å². The first-order valence-electron chi connectivity index (χ1n) is 6.98. The lowest BCUT2D eigenvalue weighted by Gasteiger charge is -2.39. The molecule has 1 rings (SSSR count). The van der Waals surface area contributed by atoms with Gasteiger partial charge in [-0.25, -0.2) is 17.9 Å². The number of likely N-dealkylation sites (tertiary alicyclic amines) is 1. The van der Waals surface area contributed by atoms with Crippen LogP contribution in [0, 0.1) is 5.41 Å². The zero-order valence-corrected chi connectivity index (χ0v) is 14.1. The highest BCUT2D eigenvalue weighted by atomic mass is 32.2. The van der Waals surface area contributed by atoms with Gasteiger partial charge in [0.1, 0.15) is 6.04 Å². The first kappa shape index (κ1) is 18.9. The number of sulfonamides is 1. The number of piperidine rings is 1. The van der Waals surface area contributed by atoms with Gasteiger partial charge in [0.05, 0.1) is 6.26 Å². The number of hydrogen-bond donors (Lipinski definition) is 3. The van der Waals surface area contributed by atoms with Gasteiger partial charge < -0.3 is 15.1 Å². The van der Waals surface area contributed by atoms with Crippen LogP contribution in [0.1, 0.15) is 33.6 Å². The average Bonchev–Trinajstić information content (AvgIpc) is 2.33. The molecule has 0 saturated carbocycles. The molecule has 0 aromatic heterocycles. The summed E-state index contributed by atoms with van der Waals surface area (Å²) in [6.45, 7) is 5.36. The number of rotatable bonds is 4. The second-order valence-corrected chi connectivity index (χ2v) is 8.63. The standard InChI is InChI=1S/C13H24N2O6S/c1-12(2,3)9(14-22(4,20)21)10(16)15-7-5-13(19,6-8-15)11(17)18/h9,14,19H,5-8H2,1-4H3,(H,17,18). The Hall–Kier alpha value is -1.19. The summed E-state index contributed by atoms with van der Waals surface area (Å²) in [5.41, 5.74) is -2.46. The Labute approximate surface area is 130 Å². The highest BCUT2D eigenvalue weighted by molar-refractivity contribution is 7.88. The summed E-state index contributed by atoms with van der Waals surface area (Å²) in [6.07, 6.45) is 0.825. The van der Waals surface area contributed by atoms with Crippen LogP contribution in [0.2, 0.25) is 0 Å². The molecule has 1 heterocycles. The summed E-state index contributed by atoms with van der Waals surface area (Å²) in [5.74, 6) is -1.72. The molecule has 0 aromatic carbocycles. The zero-order valence-electron chi connectivity index (χ0n) is 13.3. The van der Waals surface area contributed by atoms with Crippen LogP contribution < -0.4 is 4.72 Å². The fraction of sp³-hybridized carbons (Fsp3) is 0.846. The third-order valence-corrected chi connectivity index (χ3v) is 4.41. The monoisotopic (exact) mass is 336 g/mol. The van der Waals surface area contributed by atoms with Crippen molar-refractivity contribution in [3.63, 3.8) is 0 Å². The third kappa shape index (κ3) is 4.65. The molecule has 1 unspecified atom stereocenters. The Morgan fingerprint density at radius 2 is 1.68 bits per heavy atom. The zero-order chi connectivity index (χ0) is 17.3. The lowest BCUT2D eigenvalue weighted by atomic mass is 9.85. The normalized spacial score (nSPS) is 20.5. The van der Waals surface area contributed by atoms with Crippen molar-refractivity contribution < 1.29 is 28.2 Å². The van der Waals surface area contributed by atoms with Crippen LogP contribution in [0.3, 0.4) is 0 Å². The van der Waals surface area contributed by atoms with Crippen LogP contribution in [-0.2, 0) is 19.6 Å². The van der Waals surface area contributed by atoms with Gasteiger partial charge in [-0.05, 0) is 5.41 Å². The summed E-state index contributed by atoms with van der Waals surface area (Å²) in [5, 5.41) is 18.9. The molecule has 0 radical (unpaired) electrons. The van der Waals surface area contributed by atoms with Gasteiger partial charge in [-0.1, -0.05) is 20.8 Å². The van der Waals surface area contributed by atoms with E-state index in [1.54, 1.807) is 20.8 Å². The van der Waals surface area contributed by atoms with Crippen molar-refractivity contribution in [1.29, 1.82) is 0 Å². The molecule has 1 aliphatic heterocycles. The predicted molar refractivity (Wildman–Crippen MR) is 79.6 cm³/mol. The van der Waals surface area contributed by atoms with Gasteiger partial charge in [-0.15, -0.1) is 0 Å². The highest BCUT2D eigenvalue weighted by Gasteiger charge is 2.43. The summed E-state index contributed by atoms with van der Waals surface area (Å²) < 4.78 is 25.3. The minimum atomic E-state index is -3.57. The highest BCUT2D eigenvalue weighted by Crippen LogP contribution is 2.26. The molecule has 0 bridgehead atoms. The Bertz CT molecular complexity index is 543. The Morgan fingerprint density at radius 1 is 1.23 bits per heavy atom. The topological polar surface area (TPSA) is 124 Å². The number of amides is 1. The Morgan fingerprint density at radius 3 is 2.00 bits per heavy atom. The maximum Gasteiger partial charge on any atom is 0.335 e. The Balaban J connectivity index is 2.87. The van der Waals surface area contributed by atoms with Crippen molar-refractivity contribution in [1.82, 2.24) is 9.62 Å². The maximum atomic E-state index is 12.6. The SMILES string of the molecule is CC(C)(C)C(NS(C)(=O)=O)C(=O)N1CCC(O)(C(=O)O)CC1. The van der Waals surface area contributed by atoms with Crippen molar-refractivity contribution in [2.45, 2.75) is 45.3 Å². The van der Waals surface area contributed by atoms with Crippen LogP contribution in [0.4, 0.5) is 0 Å². The maximum absolute atomic E-state index is 12.6. The van der Waals surface area contributed by atoms with E-state index >= 15 is 0 Å². The first-order valence-corrected chi connectivity index (χ1v) is 8.87. The number of nitrogens with one attached hydrogen (secondary N) is 1. The van der Waals surface area contributed by atoms with Crippen molar-refractivity contribution in [2.24, 2.45) is 5.41 Å². The van der Waals surface area contributed by atoms with Crippen LogP contribution in [0.15, 0.2) is 0 Å². The molecule has 22 heavy (non-hydrogen) atoms. The van der Waals surface area contributed by atoms with E-state index in [0.717, 1.165) is 6.26 Å². The molecule has 1 aliphatic rings. The number of aliphatic hydroxyl groups is 1. The largest absolute Gasteiger partial charge is 0.479 e. The van der Waals surface area contributed by atoms with E-state index in [-0.39, 0.29) is 25.9 Å². The van der Waals surface area contributed by atoms with Gasteiger partial charge >= 0.3 is 5.97 Å². The van der Waals surface area contributed by atoms with Gasteiger partial charge in [0, 0.05) is 25.9 Å². The summed E-state index contributed by atoms with van der Waals surface area (Å²) in [7, 11) is -3.57. The molecule has 8 nitrogen and oxygen atoms in total. The van der Waals surface area contributed by atoms with Gasteiger partial charge in [-0.2, -0.15) is 0 Å². The second kappa shape index (κ2) is 6.13. The molecule has 1 fully saturated rings. The summed E-state index contributed by atoms with van der Waals surface area (Å²) in [6, 6.07) is -0.946. The quantitative estimate of drug-likeness (QED) is 0.629. The van der Waals surface area contributed by atoms with E-state index in [2.05, 4.69) is 4.72 Å². The van der Waals surface area contributed by atoms with E-state index in [1.807, 2.05) is 0 Å². The fourth-order valence-corrected chi connectivity index (χ4v) is 3.19. The van der Waals surface area contributed by atoms with Gasteiger partial charge in [0.15, 0.2) is 5.60 Å². The number of carbonyl (C=O) groups excluding carboxylic acids is 1. The number of aliphatic carboxylic acids is 1. The summed E-state index contributed by atoms with van der Waals surface area (Å²) >= 11 is 0.